The molecule has 2 aromatic heterocycles. The predicted molar refractivity (Wildman–Crippen MR) is 117 cm³/mol. The Labute approximate surface area is 179 Å². The molecule has 0 spiro atoms. The maximum absolute atomic E-state index is 12.8. The summed E-state index contributed by atoms with van der Waals surface area (Å²) >= 11 is 0. The normalized spacial score (nSPS) is 11.9. The second-order valence-corrected chi connectivity index (χ2v) is 7.15. The number of ether oxygens (including phenoxy) is 1. The molecular weight excluding hydrogens is 394 g/mol. The lowest BCUT2D eigenvalue weighted by Crippen LogP contribution is -2.31. The van der Waals surface area contributed by atoms with E-state index in [1.165, 1.54) is 16.8 Å². The van der Waals surface area contributed by atoms with E-state index >= 15 is 0 Å². The first-order chi connectivity index (χ1) is 15.0. The molecule has 158 valence electrons. The van der Waals surface area contributed by atoms with Gasteiger partial charge < -0.3 is 14.5 Å². The smallest absolute Gasteiger partial charge is 0.272 e. The summed E-state index contributed by atoms with van der Waals surface area (Å²) in [6.07, 6.45) is 0. The second kappa shape index (κ2) is 8.87. The van der Waals surface area contributed by atoms with Crippen LogP contribution in [0, 0.1) is 0 Å². The lowest BCUT2D eigenvalue weighted by atomic mass is 10.2. The second-order valence-electron chi connectivity index (χ2n) is 7.15. The summed E-state index contributed by atoms with van der Waals surface area (Å²) < 4.78 is 12.9. The minimum atomic E-state index is -0.398. The number of amides is 1. The van der Waals surface area contributed by atoms with Crippen molar-refractivity contribution in [3.05, 3.63) is 94.1 Å². The number of hydrogen-bond acceptors (Lipinski definition) is 5. The Morgan fingerprint density at radius 1 is 1.13 bits per heavy atom. The molecular formula is C24H23N3O4. The Balaban J connectivity index is 1.53. The molecule has 1 amide bonds. The van der Waals surface area contributed by atoms with Gasteiger partial charge in [-0.1, -0.05) is 42.5 Å². The van der Waals surface area contributed by atoms with Crippen molar-refractivity contribution in [2.24, 2.45) is 0 Å². The van der Waals surface area contributed by atoms with Crippen molar-refractivity contribution in [1.82, 2.24) is 15.1 Å². The van der Waals surface area contributed by atoms with Gasteiger partial charge in [0.25, 0.3) is 11.5 Å². The summed E-state index contributed by atoms with van der Waals surface area (Å²) in [7, 11) is 0. The minimum absolute atomic E-state index is 0.161. The highest BCUT2D eigenvalue weighted by molar-refractivity contribution is 5.92. The zero-order valence-corrected chi connectivity index (χ0v) is 17.4. The van der Waals surface area contributed by atoms with Gasteiger partial charge in [-0.25, -0.2) is 4.68 Å². The Kier molecular flexibility index (Phi) is 5.84. The van der Waals surface area contributed by atoms with Crippen LogP contribution in [0.15, 0.2) is 75.9 Å². The van der Waals surface area contributed by atoms with Crippen molar-refractivity contribution in [2.45, 2.75) is 26.4 Å². The van der Waals surface area contributed by atoms with Crippen LogP contribution in [0.4, 0.5) is 0 Å². The fourth-order valence-corrected chi connectivity index (χ4v) is 3.32. The van der Waals surface area contributed by atoms with Crippen LogP contribution < -0.4 is 15.6 Å². The van der Waals surface area contributed by atoms with Gasteiger partial charge in [0.15, 0.2) is 11.3 Å². The molecule has 1 unspecified atom stereocenters. The highest BCUT2D eigenvalue weighted by atomic mass is 16.5. The number of rotatable bonds is 7. The molecule has 4 aromatic rings. The maximum Gasteiger partial charge on any atom is 0.272 e. The quantitative estimate of drug-likeness (QED) is 0.492. The third kappa shape index (κ3) is 4.50. The molecule has 7 nitrogen and oxygen atoms in total. The molecule has 4 rings (SSSR count). The van der Waals surface area contributed by atoms with Crippen molar-refractivity contribution in [3.8, 4) is 5.75 Å². The Morgan fingerprint density at radius 2 is 1.94 bits per heavy atom. The first-order valence-corrected chi connectivity index (χ1v) is 10.1. The molecule has 0 saturated heterocycles. The van der Waals surface area contributed by atoms with Crippen LogP contribution in [0.2, 0.25) is 0 Å². The molecule has 0 aliphatic heterocycles. The summed E-state index contributed by atoms with van der Waals surface area (Å²) in [5, 5.41) is 8.02. The van der Waals surface area contributed by atoms with Gasteiger partial charge in [-0.15, -0.1) is 0 Å². The Morgan fingerprint density at radius 3 is 2.71 bits per heavy atom. The topological polar surface area (TPSA) is 86.4 Å². The van der Waals surface area contributed by atoms with Gasteiger partial charge in [-0.3, -0.25) is 9.59 Å². The number of nitrogens with one attached hydrogen (secondary N) is 1. The third-order valence-corrected chi connectivity index (χ3v) is 4.88. The number of benzene rings is 2. The zero-order chi connectivity index (χ0) is 21.8. The monoisotopic (exact) mass is 417 g/mol. The molecule has 1 N–H and O–H groups in total. The highest BCUT2D eigenvalue weighted by Crippen LogP contribution is 2.31. The standard InChI is InChI=1S/C24H23N3O4/c1-3-30-20-11-7-10-18-14-21(31-23(18)20)16(2)25-24(29)19-12-13-22(28)27(26-19)15-17-8-5-4-6-9-17/h4-14,16H,3,15H2,1-2H3,(H,25,29). The molecule has 7 heteroatoms. The lowest BCUT2D eigenvalue weighted by molar-refractivity contribution is 0.0928. The predicted octanol–water partition coefficient (Wildman–Crippen LogP) is 3.93. The lowest BCUT2D eigenvalue weighted by Gasteiger charge is -2.12. The Hall–Kier alpha value is -3.87. The fourth-order valence-electron chi connectivity index (χ4n) is 3.32. The largest absolute Gasteiger partial charge is 0.490 e. The summed E-state index contributed by atoms with van der Waals surface area (Å²) in [5.74, 6) is 0.882. The van der Waals surface area contributed by atoms with Gasteiger partial charge in [0.2, 0.25) is 0 Å². The number of nitrogens with zero attached hydrogens (tertiary/aromatic N) is 2. The van der Waals surface area contributed by atoms with Crippen LogP contribution in [-0.4, -0.2) is 22.3 Å². The van der Waals surface area contributed by atoms with Crippen LogP contribution in [-0.2, 0) is 6.54 Å². The van der Waals surface area contributed by atoms with E-state index < -0.39 is 6.04 Å². The van der Waals surface area contributed by atoms with Crippen molar-refractivity contribution < 1.29 is 13.9 Å². The van der Waals surface area contributed by atoms with Gasteiger partial charge in [0.05, 0.1) is 19.2 Å². The average Bonchev–Trinajstić information content (AvgIpc) is 3.22. The molecule has 2 heterocycles. The van der Waals surface area contributed by atoms with E-state index in [0.29, 0.717) is 30.2 Å². The van der Waals surface area contributed by atoms with Crippen LogP contribution >= 0.6 is 0 Å². The summed E-state index contributed by atoms with van der Waals surface area (Å²) in [6.45, 7) is 4.57. The van der Waals surface area contributed by atoms with Crippen LogP contribution in [0.5, 0.6) is 5.75 Å². The first kappa shape index (κ1) is 20.4. The molecule has 31 heavy (non-hydrogen) atoms. The molecule has 2 aromatic carbocycles. The average molecular weight is 417 g/mol. The number of carbonyl (C=O) groups excluding carboxylic acids is 1. The molecule has 0 saturated carbocycles. The van der Waals surface area contributed by atoms with E-state index in [4.69, 9.17) is 9.15 Å². The van der Waals surface area contributed by atoms with Crippen molar-refractivity contribution in [2.75, 3.05) is 6.61 Å². The van der Waals surface area contributed by atoms with E-state index in [9.17, 15) is 9.59 Å². The SMILES string of the molecule is CCOc1cccc2cc(C(C)NC(=O)c3ccc(=O)n(Cc4ccccc4)n3)oc12. The molecule has 0 aliphatic rings. The third-order valence-electron chi connectivity index (χ3n) is 4.88. The number of carbonyl (C=O) groups is 1. The molecule has 0 bridgehead atoms. The van der Waals surface area contributed by atoms with Crippen molar-refractivity contribution >= 4 is 16.9 Å². The number of furan rings is 1. The zero-order valence-electron chi connectivity index (χ0n) is 17.4. The van der Waals surface area contributed by atoms with Gasteiger partial charge in [0, 0.05) is 11.5 Å². The van der Waals surface area contributed by atoms with E-state index in [-0.39, 0.29) is 17.2 Å². The van der Waals surface area contributed by atoms with Crippen LogP contribution in [0.3, 0.4) is 0 Å². The molecule has 0 fully saturated rings. The molecule has 0 radical (unpaired) electrons. The van der Waals surface area contributed by atoms with Gasteiger partial charge in [0.1, 0.15) is 11.5 Å². The van der Waals surface area contributed by atoms with E-state index in [0.717, 1.165) is 10.9 Å². The van der Waals surface area contributed by atoms with Crippen molar-refractivity contribution in [3.63, 3.8) is 0 Å². The summed E-state index contributed by atoms with van der Waals surface area (Å²) in [6, 6.07) is 19.4. The van der Waals surface area contributed by atoms with Crippen molar-refractivity contribution in [1.29, 1.82) is 0 Å². The Bertz CT molecular complexity index is 1260. The summed E-state index contributed by atoms with van der Waals surface area (Å²) in [4.78, 5) is 24.9. The molecule has 1 atom stereocenters. The van der Waals surface area contributed by atoms with E-state index in [1.807, 2.05) is 68.4 Å². The first-order valence-electron chi connectivity index (χ1n) is 10.1. The number of fused-ring (bicyclic) bond motifs is 1. The van der Waals surface area contributed by atoms with E-state index in [1.54, 1.807) is 0 Å². The maximum atomic E-state index is 12.8. The summed E-state index contributed by atoms with van der Waals surface area (Å²) in [5.41, 5.74) is 1.47. The number of para-hydroxylation sites is 1. The number of hydrogen-bond donors (Lipinski definition) is 1. The van der Waals surface area contributed by atoms with Crippen LogP contribution in [0.1, 0.15) is 41.7 Å². The highest BCUT2D eigenvalue weighted by Gasteiger charge is 2.18. The van der Waals surface area contributed by atoms with Crippen LogP contribution in [0.25, 0.3) is 11.0 Å². The number of aromatic nitrogens is 2. The van der Waals surface area contributed by atoms with Gasteiger partial charge in [-0.2, -0.15) is 5.10 Å². The van der Waals surface area contributed by atoms with Gasteiger partial charge in [-0.05, 0) is 37.6 Å². The fraction of sp³-hybridized carbons (Fsp3) is 0.208. The molecule has 0 aliphatic carbocycles. The van der Waals surface area contributed by atoms with Gasteiger partial charge >= 0.3 is 0 Å². The minimum Gasteiger partial charge on any atom is -0.490 e. The van der Waals surface area contributed by atoms with E-state index in [2.05, 4.69) is 10.4 Å².